The Bertz CT molecular complexity index is 402. The monoisotopic (exact) mass is 219 g/mol. The molecule has 15 heavy (non-hydrogen) atoms. The quantitative estimate of drug-likeness (QED) is 0.848. The van der Waals surface area contributed by atoms with Gasteiger partial charge in [-0.1, -0.05) is 12.1 Å². The molecule has 0 heterocycles. The van der Waals surface area contributed by atoms with Crippen LogP contribution in [0.1, 0.15) is 18.9 Å². The second kappa shape index (κ2) is 4.33. The van der Waals surface area contributed by atoms with Gasteiger partial charge in [-0.05, 0) is 24.1 Å². The molecule has 2 nitrogen and oxygen atoms in total. The number of benzene rings is 1. The Balaban J connectivity index is 2.88. The van der Waals surface area contributed by atoms with Crippen LogP contribution in [0, 0.1) is 0 Å². The van der Waals surface area contributed by atoms with E-state index in [-0.39, 0.29) is 18.9 Å². The molecule has 0 fully saturated rings. The van der Waals surface area contributed by atoms with Crippen LogP contribution in [0.25, 0.3) is 0 Å². The first-order valence-corrected chi connectivity index (χ1v) is 4.19. The van der Waals surface area contributed by atoms with Gasteiger partial charge in [-0.25, -0.2) is 0 Å². The molecule has 0 bridgehead atoms. The lowest BCUT2D eigenvalue weighted by molar-refractivity contribution is -0.138. The van der Waals surface area contributed by atoms with Gasteiger partial charge in [0, 0.05) is 6.42 Å². The van der Waals surface area contributed by atoms with Gasteiger partial charge in [0.25, 0.3) is 0 Å². The Morgan fingerprint density at radius 2 is 2.07 bits per heavy atom. The molecule has 82 valence electrons. The molecule has 0 saturated carbocycles. The molecule has 0 atom stereocenters. The van der Waals surface area contributed by atoms with Gasteiger partial charge in [-0.3, -0.25) is 4.79 Å². The third-order valence-corrected chi connectivity index (χ3v) is 1.81. The fraction of sp³-hybridized carbons (Fsp3) is 0.300. The van der Waals surface area contributed by atoms with Gasteiger partial charge in [0.2, 0.25) is 0 Å². The molecule has 5 heteroatoms. The van der Waals surface area contributed by atoms with Crippen molar-refractivity contribution in [2.75, 3.05) is 0 Å². The number of hydrogen-bond acceptors (Lipinski definition) is 1. The fourth-order valence-electron chi connectivity index (χ4n) is 1.03. The molecule has 0 aliphatic rings. The highest BCUT2D eigenvalue weighted by Gasteiger charge is 2.29. The summed E-state index contributed by atoms with van der Waals surface area (Å²) < 4.78 is 44.1. The van der Waals surface area contributed by atoms with Crippen LogP contribution in [0.15, 0.2) is 24.2 Å². The Morgan fingerprint density at radius 1 is 1.40 bits per heavy atom. The predicted molar refractivity (Wildman–Crippen MR) is 47.4 cm³/mol. The molecule has 0 aliphatic heterocycles. The first-order chi connectivity index (χ1) is 7.30. The number of hydrogen-bond donors (Lipinski definition) is 1. The zero-order valence-electron chi connectivity index (χ0n) is 8.64. The number of aliphatic carboxylic acids is 1. The van der Waals surface area contributed by atoms with Crippen LogP contribution in [0.5, 0.6) is 0 Å². The highest BCUT2D eigenvalue weighted by atomic mass is 19.4. The van der Waals surface area contributed by atoms with Crippen molar-refractivity contribution in [2.45, 2.75) is 19.0 Å². The molecule has 0 spiro atoms. The van der Waals surface area contributed by atoms with E-state index < -0.39 is 17.7 Å². The zero-order valence-corrected chi connectivity index (χ0v) is 7.64. The van der Waals surface area contributed by atoms with Crippen LogP contribution in [0.2, 0.25) is 0 Å². The van der Waals surface area contributed by atoms with E-state index in [1.54, 1.807) is 0 Å². The van der Waals surface area contributed by atoms with Crippen LogP contribution in [-0.4, -0.2) is 11.1 Å². The molecule has 1 N–H and O–H groups in total. The molecule has 1 rings (SSSR count). The van der Waals surface area contributed by atoms with Crippen molar-refractivity contribution in [1.82, 2.24) is 0 Å². The molecule has 1 aromatic rings. The summed E-state index contributed by atoms with van der Waals surface area (Å²) in [6.07, 6.45) is -4.61. The minimum Gasteiger partial charge on any atom is -0.481 e. The molecule has 0 aromatic heterocycles. The van der Waals surface area contributed by atoms with E-state index in [9.17, 15) is 18.0 Å². The minimum absolute atomic E-state index is 0.0618. The van der Waals surface area contributed by atoms with E-state index in [2.05, 4.69) is 0 Å². The maximum atomic E-state index is 12.2. The summed E-state index contributed by atoms with van der Waals surface area (Å²) in [4.78, 5) is 10.3. The Morgan fingerprint density at radius 3 is 2.53 bits per heavy atom. The van der Waals surface area contributed by atoms with Gasteiger partial charge in [0.05, 0.1) is 6.93 Å². The summed E-state index contributed by atoms with van der Waals surface area (Å²) in [7, 11) is 0. The molecule has 0 aliphatic carbocycles. The summed E-state index contributed by atoms with van der Waals surface area (Å²) in [5.41, 5.74) is -0.591. The maximum Gasteiger partial charge on any atom is 0.416 e. The van der Waals surface area contributed by atoms with Crippen LogP contribution in [-0.2, 0) is 17.4 Å². The highest BCUT2D eigenvalue weighted by molar-refractivity contribution is 5.67. The normalized spacial score (nSPS) is 12.3. The van der Waals surface area contributed by atoms with Gasteiger partial charge in [0.15, 0.2) is 0 Å². The third kappa shape index (κ3) is 3.61. The number of carbonyl (C=O) groups is 1. The Hall–Kier alpha value is -1.52. The van der Waals surface area contributed by atoms with Gasteiger partial charge in [-0.15, -0.1) is 0 Å². The topological polar surface area (TPSA) is 37.3 Å². The lowest BCUT2D eigenvalue weighted by atomic mass is 10.1. The number of alkyl halides is 3. The summed E-state index contributed by atoms with van der Waals surface area (Å²) in [6, 6.07) is 2.43. The Kier molecular flexibility index (Phi) is 2.89. The van der Waals surface area contributed by atoms with E-state index in [0.29, 0.717) is 11.6 Å². The second-order valence-electron chi connectivity index (χ2n) is 2.99. The van der Waals surface area contributed by atoms with E-state index in [1.165, 1.54) is 0 Å². The fourth-order valence-corrected chi connectivity index (χ4v) is 1.03. The van der Waals surface area contributed by atoms with Crippen molar-refractivity contribution in [1.29, 1.82) is 0 Å². The smallest absolute Gasteiger partial charge is 0.416 e. The number of halogens is 3. The number of carboxylic acids is 1. The summed E-state index contributed by atoms with van der Waals surface area (Å²) in [6.45, 7) is 0. The number of aryl methyl sites for hydroxylation is 1. The average molecular weight is 219 g/mol. The summed E-state index contributed by atoms with van der Waals surface area (Å²) in [5, 5.41) is 8.41. The molecule has 0 saturated heterocycles. The van der Waals surface area contributed by atoms with Crippen molar-refractivity contribution in [3.63, 3.8) is 0 Å². The van der Waals surface area contributed by atoms with E-state index in [1.807, 2.05) is 0 Å². The predicted octanol–water partition coefficient (Wildman–Crippen LogP) is 2.72. The second-order valence-corrected chi connectivity index (χ2v) is 2.99. The molecule has 0 amide bonds. The molecular formula is C10H9F3O2. The SMILES string of the molecule is [2H]c1cc(C(F)(F)F)ccc1CCC(=O)O. The molecule has 0 unspecified atom stereocenters. The molecule has 0 radical (unpaired) electrons. The highest BCUT2D eigenvalue weighted by Crippen LogP contribution is 2.29. The summed E-state index contributed by atoms with van der Waals surface area (Å²) in [5.74, 6) is -1.04. The van der Waals surface area contributed by atoms with Crippen LogP contribution < -0.4 is 0 Å². The first-order valence-electron chi connectivity index (χ1n) is 4.69. The number of rotatable bonds is 3. The van der Waals surface area contributed by atoms with Crippen molar-refractivity contribution >= 4 is 5.97 Å². The van der Waals surface area contributed by atoms with Gasteiger partial charge >= 0.3 is 12.1 Å². The average Bonchev–Trinajstić information content (AvgIpc) is 2.14. The molecular weight excluding hydrogens is 209 g/mol. The third-order valence-electron chi connectivity index (χ3n) is 1.81. The van der Waals surface area contributed by atoms with E-state index in [0.717, 1.165) is 12.1 Å². The molecule has 1 aromatic carbocycles. The van der Waals surface area contributed by atoms with Crippen molar-refractivity contribution in [2.24, 2.45) is 0 Å². The van der Waals surface area contributed by atoms with E-state index in [4.69, 9.17) is 6.48 Å². The Labute approximate surface area is 85.7 Å². The van der Waals surface area contributed by atoms with Crippen molar-refractivity contribution < 1.29 is 24.4 Å². The van der Waals surface area contributed by atoms with Gasteiger partial charge in [-0.2, -0.15) is 13.2 Å². The first kappa shape index (κ1) is 10.0. The van der Waals surface area contributed by atoms with Gasteiger partial charge < -0.3 is 5.11 Å². The number of carboxylic acid groups (broad SMARTS) is 1. The zero-order chi connectivity index (χ0) is 12.3. The maximum absolute atomic E-state index is 12.2. The van der Waals surface area contributed by atoms with E-state index >= 15 is 0 Å². The minimum atomic E-state index is -4.47. The lowest BCUT2D eigenvalue weighted by Gasteiger charge is -2.06. The standard InChI is InChI=1S/C10H9F3O2/c11-10(12,13)8-4-1-7(2-5-8)3-6-9(14)15/h1-2,4-5H,3,6H2,(H,14,15)/i1D. The van der Waals surface area contributed by atoms with Crippen LogP contribution in [0.3, 0.4) is 0 Å². The summed E-state index contributed by atoms with van der Waals surface area (Å²) >= 11 is 0. The lowest BCUT2D eigenvalue weighted by Crippen LogP contribution is -2.04. The largest absolute Gasteiger partial charge is 0.481 e. The van der Waals surface area contributed by atoms with Crippen LogP contribution >= 0.6 is 0 Å². The van der Waals surface area contributed by atoms with Crippen molar-refractivity contribution in [3.8, 4) is 0 Å². The van der Waals surface area contributed by atoms with Gasteiger partial charge in [0.1, 0.15) is 0 Å². The van der Waals surface area contributed by atoms with Crippen LogP contribution in [0.4, 0.5) is 13.2 Å². The van der Waals surface area contributed by atoms with Crippen molar-refractivity contribution in [3.05, 3.63) is 35.4 Å².